The molecule has 0 spiro atoms. The number of rotatable bonds is 4. The molecular weight excluding hydrogens is 256 g/mol. The van der Waals surface area contributed by atoms with Crippen molar-refractivity contribution >= 4 is 5.82 Å². The molecule has 0 radical (unpaired) electrons. The molecule has 0 aliphatic rings. The zero-order valence-corrected chi connectivity index (χ0v) is 12.0. The van der Waals surface area contributed by atoms with Gasteiger partial charge >= 0.3 is 0 Å². The van der Waals surface area contributed by atoms with Crippen LogP contribution in [0.1, 0.15) is 26.5 Å². The first kappa shape index (κ1) is 16.0. The SMILES string of the molecule is CC(C)Cc1cc(-c2cccc(N=O)n2)no1.CCN. The molecule has 0 saturated carbocycles. The average molecular weight is 276 g/mol. The summed E-state index contributed by atoms with van der Waals surface area (Å²) < 4.78 is 5.20. The topological polar surface area (TPSA) is 94.4 Å². The maximum absolute atomic E-state index is 10.4. The van der Waals surface area contributed by atoms with Gasteiger partial charge < -0.3 is 10.3 Å². The van der Waals surface area contributed by atoms with Crippen molar-refractivity contribution in [1.29, 1.82) is 0 Å². The number of nitroso groups, excluding NO2 is 1. The molecule has 2 heterocycles. The van der Waals surface area contributed by atoms with Gasteiger partial charge in [-0.05, 0) is 29.8 Å². The Bertz CT molecular complexity index is 537. The first-order valence-corrected chi connectivity index (χ1v) is 6.57. The van der Waals surface area contributed by atoms with E-state index in [1.54, 1.807) is 18.2 Å². The molecule has 6 heteroatoms. The van der Waals surface area contributed by atoms with Crippen LogP contribution in [0.2, 0.25) is 0 Å². The molecule has 0 saturated heterocycles. The van der Waals surface area contributed by atoms with Crippen molar-refractivity contribution in [2.75, 3.05) is 6.54 Å². The summed E-state index contributed by atoms with van der Waals surface area (Å²) in [7, 11) is 0. The lowest BCUT2D eigenvalue weighted by Crippen LogP contribution is -1.90. The van der Waals surface area contributed by atoms with Crippen LogP contribution in [0.3, 0.4) is 0 Å². The Balaban J connectivity index is 0.000000612. The van der Waals surface area contributed by atoms with Gasteiger partial charge in [0.05, 0.1) is 5.69 Å². The van der Waals surface area contributed by atoms with Crippen molar-refractivity contribution in [3.8, 4) is 11.4 Å². The van der Waals surface area contributed by atoms with Crippen LogP contribution >= 0.6 is 0 Å². The summed E-state index contributed by atoms with van der Waals surface area (Å²) in [5.41, 5.74) is 6.08. The second kappa shape index (κ2) is 8.16. The molecule has 0 atom stereocenters. The van der Waals surface area contributed by atoms with Gasteiger partial charge in [0.15, 0.2) is 5.82 Å². The van der Waals surface area contributed by atoms with E-state index in [0.717, 1.165) is 18.7 Å². The van der Waals surface area contributed by atoms with E-state index in [-0.39, 0.29) is 5.82 Å². The minimum Gasteiger partial charge on any atom is -0.361 e. The van der Waals surface area contributed by atoms with E-state index < -0.39 is 0 Å². The summed E-state index contributed by atoms with van der Waals surface area (Å²) in [6.07, 6.45) is 0.832. The molecule has 0 aliphatic carbocycles. The summed E-state index contributed by atoms with van der Waals surface area (Å²) in [6.45, 7) is 6.87. The molecule has 2 N–H and O–H groups in total. The molecule has 0 fully saturated rings. The molecule has 2 aromatic rings. The predicted octanol–water partition coefficient (Wildman–Crippen LogP) is 3.30. The molecule has 0 bridgehead atoms. The highest BCUT2D eigenvalue weighted by molar-refractivity contribution is 5.55. The predicted molar refractivity (Wildman–Crippen MR) is 78.5 cm³/mol. The van der Waals surface area contributed by atoms with Gasteiger partial charge in [-0.1, -0.05) is 32.0 Å². The highest BCUT2D eigenvalue weighted by atomic mass is 16.5. The molecular formula is C14H20N4O2. The summed E-state index contributed by atoms with van der Waals surface area (Å²) in [6, 6.07) is 6.88. The maximum atomic E-state index is 10.4. The number of nitrogens with zero attached hydrogens (tertiary/aromatic N) is 3. The van der Waals surface area contributed by atoms with Gasteiger partial charge in [0, 0.05) is 12.5 Å². The normalized spacial score (nSPS) is 10.1. The summed E-state index contributed by atoms with van der Waals surface area (Å²) in [5.74, 6) is 1.48. The fourth-order valence-corrected chi connectivity index (χ4v) is 1.55. The smallest absolute Gasteiger partial charge is 0.197 e. The Hall–Kier alpha value is -2.08. The van der Waals surface area contributed by atoms with E-state index in [2.05, 4.69) is 29.2 Å². The minimum atomic E-state index is 0.149. The third kappa shape index (κ3) is 4.89. The summed E-state index contributed by atoms with van der Waals surface area (Å²) in [5, 5.41) is 6.73. The van der Waals surface area contributed by atoms with Crippen LogP contribution in [-0.2, 0) is 6.42 Å². The van der Waals surface area contributed by atoms with Gasteiger partial charge in [0.2, 0.25) is 0 Å². The van der Waals surface area contributed by atoms with Crippen molar-refractivity contribution < 1.29 is 4.52 Å². The van der Waals surface area contributed by atoms with E-state index in [9.17, 15) is 4.91 Å². The third-order valence-corrected chi connectivity index (χ3v) is 2.26. The Labute approximate surface area is 118 Å². The van der Waals surface area contributed by atoms with Gasteiger partial charge in [-0.15, -0.1) is 4.91 Å². The average Bonchev–Trinajstić information content (AvgIpc) is 2.87. The Morgan fingerprint density at radius 2 is 2.05 bits per heavy atom. The Morgan fingerprint density at radius 3 is 2.65 bits per heavy atom. The number of aromatic nitrogens is 2. The highest BCUT2D eigenvalue weighted by Gasteiger charge is 2.09. The summed E-state index contributed by atoms with van der Waals surface area (Å²) in [4.78, 5) is 14.4. The molecule has 0 amide bonds. The van der Waals surface area contributed by atoms with Gasteiger partial charge in [-0.25, -0.2) is 4.98 Å². The Morgan fingerprint density at radius 1 is 1.35 bits per heavy atom. The largest absolute Gasteiger partial charge is 0.361 e. The lowest BCUT2D eigenvalue weighted by Gasteiger charge is -1.97. The van der Waals surface area contributed by atoms with E-state index in [0.29, 0.717) is 17.3 Å². The standard InChI is InChI=1S/C12H13N3O2.C2H7N/c1-8(2)6-9-7-11(15-17-9)10-4-3-5-12(13-10)14-16;1-2-3/h3-5,7-8H,6H2,1-2H3;2-3H2,1H3. The van der Waals surface area contributed by atoms with Crippen molar-refractivity contribution in [2.45, 2.75) is 27.2 Å². The molecule has 0 unspecified atom stereocenters. The second-order valence-electron chi connectivity index (χ2n) is 4.66. The van der Waals surface area contributed by atoms with Crippen LogP contribution in [-0.4, -0.2) is 16.7 Å². The number of hydrogen-bond acceptors (Lipinski definition) is 6. The monoisotopic (exact) mass is 276 g/mol. The first-order chi connectivity index (χ1) is 9.60. The molecule has 108 valence electrons. The molecule has 2 aromatic heterocycles. The lowest BCUT2D eigenvalue weighted by molar-refractivity contribution is 0.370. The van der Waals surface area contributed by atoms with Crippen molar-refractivity contribution in [3.63, 3.8) is 0 Å². The zero-order chi connectivity index (χ0) is 15.0. The minimum absolute atomic E-state index is 0.149. The third-order valence-electron chi connectivity index (χ3n) is 2.26. The van der Waals surface area contributed by atoms with Crippen LogP contribution in [0.5, 0.6) is 0 Å². The quantitative estimate of drug-likeness (QED) is 0.864. The maximum Gasteiger partial charge on any atom is 0.197 e. The van der Waals surface area contributed by atoms with Gasteiger partial charge in [0.1, 0.15) is 11.5 Å². The van der Waals surface area contributed by atoms with E-state index >= 15 is 0 Å². The van der Waals surface area contributed by atoms with Gasteiger partial charge in [0.25, 0.3) is 0 Å². The second-order valence-corrected chi connectivity index (χ2v) is 4.66. The van der Waals surface area contributed by atoms with Crippen LogP contribution in [0, 0.1) is 10.8 Å². The highest BCUT2D eigenvalue weighted by Crippen LogP contribution is 2.20. The van der Waals surface area contributed by atoms with Crippen molar-refractivity contribution in [2.24, 2.45) is 16.8 Å². The van der Waals surface area contributed by atoms with Crippen LogP contribution in [0.25, 0.3) is 11.4 Å². The van der Waals surface area contributed by atoms with Crippen LogP contribution in [0.15, 0.2) is 34.0 Å². The van der Waals surface area contributed by atoms with E-state index in [1.807, 2.05) is 13.0 Å². The van der Waals surface area contributed by atoms with Crippen molar-refractivity contribution in [3.05, 3.63) is 34.9 Å². The van der Waals surface area contributed by atoms with Crippen LogP contribution in [0.4, 0.5) is 5.82 Å². The fraction of sp³-hybridized carbons (Fsp3) is 0.429. The molecule has 2 rings (SSSR count). The fourth-order valence-electron chi connectivity index (χ4n) is 1.55. The first-order valence-electron chi connectivity index (χ1n) is 6.57. The molecule has 6 nitrogen and oxygen atoms in total. The number of pyridine rings is 1. The zero-order valence-electron chi connectivity index (χ0n) is 12.0. The Kier molecular flexibility index (Phi) is 6.52. The lowest BCUT2D eigenvalue weighted by atomic mass is 10.1. The van der Waals surface area contributed by atoms with Crippen LogP contribution < -0.4 is 5.73 Å². The summed E-state index contributed by atoms with van der Waals surface area (Å²) >= 11 is 0. The van der Waals surface area contributed by atoms with E-state index in [1.165, 1.54) is 0 Å². The molecule has 20 heavy (non-hydrogen) atoms. The number of nitrogens with two attached hydrogens (primary N) is 1. The van der Waals surface area contributed by atoms with Crippen molar-refractivity contribution in [1.82, 2.24) is 10.1 Å². The molecule has 0 aromatic carbocycles. The van der Waals surface area contributed by atoms with E-state index in [4.69, 9.17) is 10.3 Å². The van der Waals surface area contributed by atoms with Gasteiger partial charge in [-0.3, -0.25) is 0 Å². The van der Waals surface area contributed by atoms with Gasteiger partial charge in [-0.2, -0.15) is 0 Å². The number of hydrogen-bond donors (Lipinski definition) is 1. The molecule has 0 aliphatic heterocycles.